The van der Waals surface area contributed by atoms with Crippen LogP contribution in [0.5, 0.6) is 0 Å². The number of hydrogen-bond acceptors (Lipinski definition) is 22. The number of amides is 3. The Morgan fingerprint density at radius 2 is 1.36 bits per heavy atom. The molecule has 2 bridgehead atoms. The van der Waals surface area contributed by atoms with Crippen molar-refractivity contribution in [1.29, 1.82) is 0 Å². The molecular weight excluding hydrogens is 1310 g/mol. The maximum atomic E-state index is 13.7. The summed E-state index contributed by atoms with van der Waals surface area (Å²) in [4.78, 5) is 127. The van der Waals surface area contributed by atoms with Crippen molar-refractivity contribution in [3.63, 3.8) is 0 Å². The summed E-state index contributed by atoms with van der Waals surface area (Å²) < 4.78 is 45.1. The van der Waals surface area contributed by atoms with Crippen molar-refractivity contribution in [2.75, 3.05) is 37.8 Å². The average molecular weight is 1380 g/mol. The molecule has 5 aliphatic rings. The van der Waals surface area contributed by atoms with E-state index in [0.29, 0.717) is 22.6 Å². The van der Waals surface area contributed by atoms with Crippen LogP contribution in [0.1, 0.15) is 103 Å². The molecular formula is C64H68N10O17P2S2. The minimum Gasteiger partial charge on any atom is -0.387 e. The molecule has 6 N–H and O–H groups in total. The fourth-order valence-corrected chi connectivity index (χ4v) is 15.1. The Bertz CT molecular complexity index is 4230. The predicted octanol–water partition coefficient (Wildman–Crippen LogP) is 4.52. The number of hydrogen-bond donors (Lipinski definition) is 6. The maximum Gasteiger partial charge on any atom is 0.325 e. The molecule has 31 heteroatoms. The third-order valence-corrected chi connectivity index (χ3v) is 20.2. The smallest absolute Gasteiger partial charge is 0.325 e. The standard InChI is InChI=1S/C64H68N10O17P2S2/c75-44(21-23-53(79)72-30-41-14-5-4-12-39(41)18-19-40-13-7-9-17-49(40)72)20-22-52(78)65-29-46(77)27-43(26-38-10-2-1-3-11-38)62(82)66-28-45(76)24-25-85-32-48-55-61(70-36-68-48)74(37-71-55)64-59-56(80)50(88-64)33-86-92(83,94)90-58-51(34-87-93(84,95)91-59)89-63(57(58)81)73-31-42-15-6-8-16-47-54(42)60(73)69-35-67-47/h1-5,7,9-14,17,31,35-37,43,50-51,56-59,63-64,80-81H,6,8,15-16,20-30,32-34H2,(H,65,78)(H,66,82)(H,83,94)(H,84,95)/t43-,50-,51-,56-,57-,58-,59-,63-,64-,92?,93?/m1/s1. The molecule has 0 saturated carbocycles. The van der Waals surface area contributed by atoms with Gasteiger partial charge >= 0.3 is 13.4 Å². The normalized spacial score (nSPS) is 25.2. The van der Waals surface area contributed by atoms with Crippen LogP contribution in [0, 0.1) is 17.8 Å². The van der Waals surface area contributed by atoms with Gasteiger partial charge in [-0.3, -0.25) is 42.4 Å². The lowest BCUT2D eigenvalue weighted by atomic mass is 9.93. The van der Waals surface area contributed by atoms with Crippen LogP contribution in [-0.4, -0.2) is 159 Å². The first-order chi connectivity index (χ1) is 45.8. The number of ether oxygens (including phenoxy) is 3. The number of aliphatic hydroxyl groups excluding tert-OH is 2. The Morgan fingerprint density at radius 3 is 2.18 bits per heavy atom. The Kier molecular flexibility index (Phi) is 21.3. The number of rotatable bonds is 22. The second-order valence-corrected chi connectivity index (χ2v) is 29.2. The van der Waals surface area contributed by atoms with Crippen LogP contribution in [0.4, 0.5) is 5.69 Å². The Labute approximate surface area is 554 Å². The number of aryl methyl sites for hydroxylation is 2. The van der Waals surface area contributed by atoms with Gasteiger partial charge in [-0.1, -0.05) is 72.5 Å². The van der Waals surface area contributed by atoms with E-state index in [0.717, 1.165) is 59.0 Å². The molecule has 3 saturated heterocycles. The predicted molar refractivity (Wildman–Crippen MR) is 346 cm³/mol. The SMILES string of the molecule is O=C(CCC(=O)NCC(=O)C[C@@H](Cc1ccccc1)C(=O)NCC(=O)CCOCc1ncnc2c1ncn2[C@@H]1O[C@@H]2COP(O)(=S)O[C@H]3[C@@H](O)[C@H](n4cc5c6c(ncnc64)CCCC5)O[C@@H]3COP(O)(=S)O[C@@H]1[C@@H]2O)CCC(=O)N1Cc2ccccc2C#Cc2ccccc21. The molecule has 4 aromatic heterocycles. The molecule has 3 fully saturated rings. The molecule has 12 rings (SSSR count). The molecule has 3 aromatic carbocycles. The van der Waals surface area contributed by atoms with E-state index in [2.05, 4.69) is 47.4 Å². The van der Waals surface area contributed by atoms with Crippen molar-refractivity contribution in [3.05, 3.63) is 143 Å². The van der Waals surface area contributed by atoms with Gasteiger partial charge in [-0.15, -0.1) is 0 Å². The highest BCUT2D eigenvalue weighted by molar-refractivity contribution is 8.07. The van der Waals surface area contributed by atoms with Crippen molar-refractivity contribution < 1.29 is 81.1 Å². The van der Waals surface area contributed by atoms with E-state index in [9.17, 15) is 48.8 Å². The van der Waals surface area contributed by atoms with Gasteiger partial charge in [0, 0.05) is 67.2 Å². The first-order valence-corrected chi connectivity index (χ1v) is 36.2. The monoisotopic (exact) mass is 1370 g/mol. The van der Waals surface area contributed by atoms with Gasteiger partial charge in [-0.05, 0) is 90.6 Å². The van der Waals surface area contributed by atoms with Gasteiger partial charge in [-0.25, -0.2) is 24.9 Å². The van der Waals surface area contributed by atoms with E-state index >= 15 is 0 Å². The molecule has 1 aliphatic carbocycles. The summed E-state index contributed by atoms with van der Waals surface area (Å²) in [5.41, 5.74) is 6.91. The largest absolute Gasteiger partial charge is 0.387 e. The molecule has 11 atom stereocenters. The number of carbonyl (C=O) groups excluding carboxylic acids is 6. The minimum absolute atomic E-state index is 0.0765. The second-order valence-electron chi connectivity index (χ2n) is 23.6. The van der Waals surface area contributed by atoms with Gasteiger partial charge in [0.1, 0.15) is 66.2 Å². The molecule has 0 radical (unpaired) electrons. The van der Waals surface area contributed by atoms with Gasteiger partial charge in [0.15, 0.2) is 29.7 Å². The zero-order valence-electron chi connectivity index (χ0n) is 51.1. The number of para-hydroxylation sites is 1. The van der Waals surface area contributed by atoms with Gasteiger partial charge in [0.05, 0.1) is 69.5 Å². The highest BCUT2D eigenvalue weighted by Crippen LogP contribution is 2.54. The lowest BCUT2D eigenvalue weighted by Gasteiger charge is -2.28. The number of benzene rings is 3. The Balaban J connectivity index is 0.608. The Hall–Kier alpha value is -7.33. The number of nitrogens with one attached hydrogen (secondary N) is 2. The van der Waals surface area contributed by atoms with Crippen molar-refractivity contribution in [2.45, 2.75) is 133 Å². The van der Waals surface area contributed by atoms with E-state index < -0.39 is 106 Å². The van der Waals surface area contributed by atoms with Crippen LogP contribution in [-0.2, 0) is 117 Å². The van der Waals surface area contributed by atoms with Crippen molar-refractivity contribution >= 4 is 100 Å². The fraction of sp³-hybridized carbons (Fsp3) is 0.422. The summed E-state index contributed by atoms with van der Waals surface area (Å²) in [7, 11) is 0. The number of aliphatic hydroxyl groups is 2. The van der Waals surface area contributed by atoms with Crippen molar-refractivity contribution in [2.24, 2.45) is 5.92 Å². The summed E-state index contributed by atoms with van der Waals surface area (Å²) in [5.74, 6) is 2.96. The van der Waals surface area contributed by atoms with E-state index in [-0.39, 0.29) is 99.9 Å². The lowest BCUT2D eigenvalue weighted by Crippen LogP contribution is -2.38. The third kappa shape index (κ3) is 16.1. The van der Waals surface area contributed by atoms with Gasteiger partial charge < -0.3 is 63.4 Å². The van der Waals surface area contributed by atoms with Gasteiger partial charge in [0.2, 0.25) is 17.7 Å². The molecule has 8 heterocycles. The van der Waals surface area contributed by atoms with Crippen LogP contribution < -0.4 is 15.5 Å². The van der Waals surface area contributed by atoms with Crippen LogP contribution in [0.3, 0.4) is 0 Å². The summed E-state index contributed by atoms with van der Waals surface area (Å²) in [6, 6.07) is 23.9. The quantitative estimate of drug-likeness (QED) is 0.0309. The van der Waals surface area contributed by atoms with Crippen LogP contribution in [0.2, 0.25) is 0 Å². The number of Topliss-reactive ketones (excluding diaryl/α,β-unsaturated/α-hetero) is 3. The molecule has 498 valence electrons. The third-order valence-electron chi connectivity index (χ3n) is 17.1. The Morgan fingerprint density at radius 1 is 0.674 bits per heavy atom. The van der Waals surface area contributed by atoms with E-state index in [1.807, 2.05) is 60.8 Å². The molecule has 3 amide bonds. The number of aromatic nitrogens is 7. The topological polar surface area (TPSA) is 350 Å². The first-order valence-electron chi connectivity index (χ1n) is 31.0. The number of nitrogens with zero attached hydrogens (tertiary/aromatic N) is 8. The first kappa shape index (κ1) is 67.6. The molecule has 95 heavy (non-hydrogen) atoms. The highest BCUT2D eigenvalue weighted by Gasteiger charge is 2.53. The van der Waals surface area contributed by atoms with Crippen LogP contribution >= 0.6 is 13.4 Å². The number of fused-ring (bicyclic) bond motifs is 6. The number of ketones is 3. The number of carbonyl (C=O) groups is 6. The molecule has 7 aromatic rings. The summed E-state index contributed by atoms with van der Waals surface area (Å²) >= 11 is 10.9. The number of anilines is 1. The van der Waals surface area contributed by atoms with E-state index in [1.54, 1.807) is 33.7 Å². The van der Waals surface area contributed by atoms with Crippen molar-refractivity contribution in [3.8, 4) is 11.8 Å². The van der Waals surface area contributed by atoms with Crippen LogP contribution in [0.25, 0.3) is 22.2 Å². The fourth-order valence-electron chi connectivity index (χ4n) is 12.2. The molecule has 27 nitrogen and oxygen atoms in total. The van der Waals surface area contributed by atoms with Crippen LogP contribution in [0.15, 0.2) is 104 Å². The summed E-state index contributed by atoms with van der Waals surface area (Å²) in [6.45, 7) is -10.4. The lowest BCUT2D eigenvalue weighted by molar-refractivity contribution is -0.131. The van der Waals surface area contributed by atoms with E-state index in [4.69, 9.17) is 55.9 Å². The molecule has 2 unspecified atom stereocenters. The zero-order valence-corrected chi connectivity index (χ0v) is 54.5. The minimum atomic E-state index is -4.32. The highest BCUT2D eigenvalue weighted by atomic mass is 32.5. The molecule has 0 spiro atoms. The summed E-state index contributed by atoms with van der Waals surface area (Å²) in [5, 5.41) is 29.6. The second kappa shape index (κ2) is 30.0. The zero-order chi connectivity index (χ0) is 66.4. The number of imidazole rings is 1. The van der Waals surface area contributed by atoms with Gasteiger partial charge in [0.25, 0.3) is 0 Å². The average Bonchev–Trinajstić information content (AvgIpc) is 1.61. The maximum absolute atomic E-state index is 13.7. The van der Waals surface area contributed by atoms with Crippen molar-refractivity contribution in [1.82, 2.24) is 44.7 Å². The van der Waals surface area contributed by atoms with E-state index in [1.165, 1.54) is 23.5 Å². The van der Waals surface area contributed by atoms with Gasteiger partial charge in [-0.2, -0.15) is 0 Å². The summed E-state index contributed by atoms with van der Waals surface area (Å²) in [6.07, 6.45) is -2.20. The molecule has 4 aliphatic heterocycles.